The molecule has 0 bridgehead atoms. The van der Waals surface area contributed by atoms with E-state index in [2.05, 4.69) is 24.1 Å². The number of amides is 2. The van der Waals surface area contributed by atoms with Gasteiger partial charge in [0, 0.05) is 32.4 Å². The molecule has 0 spiro atoms. The van der Waals surface area contributed by atoms with Crippen LogP contribution in [0.5, 0.6) is 5.75 Å². The van der Waals surface area contributed by atoms with Gasteiger partial charge in [0.2, 0.25) is 5.91 Å². The second-order valence-corrected chi connectivity index (χ2v) is 13.2. The van der Waals surface area contributed by atoms with Crippen molar-refractivity contribution >= 4 is 35.5 Å². The normalized spacial score (nSPS) is 13.1. The number of allylic oxidation sites excluding steroid dienone is 1. The van der Waals surface area contributed by atoms with E-state index < -0.39 is 60.3 Å². The van der Waals surface area contributed by atoms with E-state index in [0.717, 1.165) is 51.0 Å². The zero-order valence-electron chi connectivity index (χ0n) is 32.4. The number of hydrogen-bond donors (Lipinski definition) is 4. The number of nitrogens with zero attached hydrogens (tertiary/aromatic N) is 1. The molecule has 1 rings (SSSR count). The number of aliphatic carboxylic acids is 2. The van der Waals surface area contributed by atoms with Crippen LogP contribution in [0, 0.1) is 17.8 Å². The lowest BCUT2D eigenvalue weighted by Gasteiger charge is -2.30. The van der Waals surface area contributed by atoms with Crippen molar-refractivity contribution in [2.45, 2.75) is 129 Å². The van der Waals surface area contributed by atoms with Crippen LogP contribution in [0.3, 0.4) is 0 Å². The molecule has 0 heterocycles. The first kappa shape index (κ1) is 47.3. The van der Waals surface area contributed by atoms with Gasteiger partial charge in [-0.2, -0.15) is 0 Å². The second kappa shape index (κ2) is 27.0. The molecule has 13 nitrogen and oxygen atoms in total. The molecule has 0 fully saturated rings. The summed E-state index contributed by atoms with van der Waals surface area (Å²) in [5.74, 6) is -1.81. The fourth-order valence-electron chi connectivity index (χ4n) is 5.74. The van der Waals surface area contributed by atoms with Crippen molar-refractivity contribution in [3.8, 4) is 17.6 Å². The van der Waals surface area contributed by atoms with Gasteiger partial charge in [-0.1, -0.05) is 75.7 Å². The topological polar surface area (TPSA) is 197 Å². The number of rotatable bonds is 29. The molecule has 0 aliphatic heterocycles. The third-order valence-corrected chi connectivity index (χ3v) is 8.96. The lowest BCUT2D eigenvalue weighted by atomic mass is 9.82. The van der Waals surface area contributed by atoms with Crippen molar-refractivity contribution < 1.29 is 53.6 Å². The van der Waals surface area contributed by atoms with E-state index in [1.807, 2.05) is 0 Å². The third-order valence-electron chi connectivity index (χ3n) is 8.96. The van der Waals surface area contributed by atoms with Crippen LogP contribution in [0.25, 0.3) is 0 Å². The summed E-state index contributed by atoms with van der Waals surface area (Å²) >= 11 is 0. The Morgan fingerprint density at radius 2 is 1.50 bits per heavy atom. The molecule has 0 unspecified atom stereocenters. The first-order chi connectivity index (χ1) is 25.8. The highest BCUT2D eigenvalue weighted by atomic mass is 16.5. The number of nitrogens with one attached hydrogen (secondary N) is 1. The number of esters is 1. The molecular weight excluding hydrogens is 696 g/mol. The number of likely N-dealkylation sites (N-methyl/N-ethyl adjacent to an activating group) is 1. The van der Waals surface area contributed by atoms with E-state index >= 15 is 0 Å². The first-order valence-electron chi connectivity index (χ1n) is 19.0. The van der Waals surface area contributed by atoms with Crippen LogP contribution in [0.2, 0.25) is 0 Å². The van der Waals surface area contributed by atoms with Crippen LogP contribution in [0.1, 0.15) is 117 Å². The van der Waals surface area contributed by atoms with Gasteiger partial charge < -0.3 is 35.0 Å². The Kier molecular flexibility index (Phi) is 23.6. The van der Waals surface area contributed by atoms with Crippen LogP contribution in [0.4, 0.5) is 0 Å². The summed E-state index contributed by atoms with van der Waals surface area (Å²) < 4.78 is 10.8. The maximum atomic E-state index is 13.8. The first-order valence-corrected chi connectivity index (χ1v) is 19.0. The third kappa shape index (κ3) is 18.4. The molecule has 54 heavy (non-hydrogen) atoms. The smallest absolute Gasteiger partial charge is 0.337 e. The molecule has 0 saturated carbocycles. The number of aliphatic hydroxyl groups is 1. The minimum atomic E-state index is -3.06. The summed E-state index contributed by atoms with van der Waals surface area (Å²) in [6.45, 7) is 7.69. The zero-order valence-corrected chi connectivity index (χ0v) is 32.4. The molecule has 13 heteroatoms. The SMILES string of the molecule is CC#CCOc1ccc(C[C@H](NC(=O)[C@@H](C=CCCCCCCC(=O)CCCCCCC)[C@@](O)(CC(=O)O)C(=O)O)C(=O)OCC(=O)N(CC)CC)cc1. The molecule has 2 amide bonds. The van der Waals surface area contributed by atoms with Gasteiger partial charge in [-0.3, -0.25) is 19.2 Å². The Hall–Kier alpha value is -4.70. The number of benzene rings is 1. The highest BCUT2D eigenvalue weighted by Gasteiger charge is 2.49. The predicted molar refractivity (Wildman–Crippen MR) is 203 cm³/mol. The summed E-state index contributed by atoms with van der Waals surface area (Å²) in [6, 6.07) is 5.10. The van der Waals surface area contributed by atoms with Crippen LogP contribution >= 0.6 is 0 Å². The minimum Gasteiger partial charge on any atom is -0.481 e. The van der Waals surface area contributed by atoms with Crippen molar-refractivity contribution in [2.24, 2.45) is 5.92 Å². The molecular formula is C41H60N2O11. The van der Waals surface area contributed by atoms with E-state index in [0.29, 0.717) is 50.1 Å². The van der Waals surface area contributed by atoms with Crippen LogP contribution in [-0.4, -0.2) is 93.7 Å². The van der Waals surface area contributed by atoms with E-state index in [1.165, 1.54) is 17.4 Å². The van der Waals surface area contributed by atoms with E-state index in [1.54, 1.807) is 45.0 Å². The highest BCUT2D eigenvalue weighted by Crippen LogP contribution is 2.26. The molecule has 1 aromatic rings. The monoisotopic (exact) mass is 756 g/mol. The number of carbonyl (C=O) groups excluding carboxylic acids is 4. The van der Waals surface area contributed by atoms with Gasteiger partial charge in [0.15, 0.2) is 12.2 Å². The molecule has 0 aliphatic rings. The number of hydrogen-bond acceptors (Lipinski definition) is 9. The summed E-state index contributed by atoms with van der Waals surface area (Å²) in [7, 11) is 0. The maximum absolute atomic E-state index is 13.8. The predicted octanol–water partition coefficient (Wildman–Crippen LogP) is 5.26. The molecule has 0 saturated heterocycles. The zero-order chi connectivity index (χ0) is 40.4. The standard InChI is InChI=1S/C41H60N2O11/c1-5-9-11-14-17-20-32(44)21-18-15-12-13-16-19-22-34(41(52,40(50)51)29-37(46)47)38(48)42-35(39(49)54-30-36(45)43(7-3)8-4)28-31-23-25-33(26-24-31)53-27-10-6-2/h19,22-26,34-35,52H,5,7-9,11-18,20-21,27-30H2,1-4H3,(H,42,48)(H,46,47)(H,50,51)/t34-,35+,41+/m1/s1. The Balaban J connectivity index is 3.13. The lowest BCUT2D eigenvalue weighted by molar-refractivity contribution is -0.172. The maximum Gasteiger partial charge on any atom is 0.337 e. The molecule has 3 atom stereocenters. The van der Waals surface area contributed by atoms with Crippen molar-refractivity contribution in [2.75, 3.05) is 26.3 Å². The van der Waals surface area contributed by atoms with Gasteiger partial charge in [0.1, 0.15) is 24.2 Å². The molecule has 0 aromatic heterocycles. The Bertz CT molecular complexity index is 1430. The molecule has 4 N–H and O–H groups in total. The largest absolute Gasteiger partial charge is 0.481 e. The van der Waals surface area contributed by atoms with Crippen LogP contribution in [-0.2, 0) is 39.9 Å². The lowest BCUT2D eigenvalue weighted by Crippen LogP contribution is -2.55. The molecule has 0 radical (unpaired) electrons. The van der Waals surface area contributed by atoms with Gasteiger partial charge in [0.05, 0.1) is 12.3 Å². The highest BCUT2D eigenvalue weighted by molar-refractivity contribution is 5.95. The number of carbonyl (C=O) groups is 6. The van der Waals surface area contributed by atoms with Gasteiger partial charge in [-0.25, -0.2) is 9.59 Å². The molecule has 300 valence electrons. The van der Waals surface area contributed by atoms with E-state index in [9.17, 15) is 44.1 Å². The minimum absolute atomic E-state index is 0.151. The number of unbranched alkanes of at least 4 members (excludes halogenated alkanes) is 8. The van der Waals surface area contributed by atoms with Crippen molar-refractivity contribution in [3.05, 3.63) is 42.0 Å². The van der Waals surface area contributed by atoms with Gasteiger partial charge in [0.25, 0.3) is 5.91 Å². The second-order valence-electron chi connectivity index (χ2n) is 13.2. The van der Waals surface area contributed by atoms with Crippen molar-refractivity contribution in [1.82, 2.24) is 10.2 Å². The Labute approximate surface area is 319 Å². The fourth-order valence-corrected chi connectivity index (χ4v) is 5.74. The van der Waals surface area contributed by atoms with Crippen molar-refractivity contribution in [3.63, 3.8) is 0 Å². The van der Waals surface area contributed by atoms with Crippen molar-refractivity contribution in [1.29, 1.82) is 0 Å². The summed E-state index contributed by atoms with van der Waals surface area (Å²) in [5.41, 5.74) is -2.52. The number of ketones is 1. The van der Waals surface area contributed by atoms with E-state index in [4.69, 9.17) is 9.47 Å². The number of ether oxygens (including phenoxy) is 2. The molecule has 0 aliphatic carbocycles. The summed E-state index contributed by atoms with van der Waals surface area (Å²) in [5, 5.41) is 33.0. The Morgan fingerprint density at radius 1 is 0.889 bits per heavy atom. The van der Waals surface area contributed by atoms with Crippen LogP contribution in [0.15, 0.2) is 36.4 Å². The van der Waals surface area contributed by atoms with Gasteiger partial charge in [-0.05, 0) is 64.2 Å². The van der Waals surface area contributed by atoms with Gasteiger partial charge in [-0.15, -0.1) is 5.92 Å². The van der Waals surface area contributed by atoms with E-state index in [-0.39, 0.29) is 18.8 Å². The summed E-state index contributed by atoms with van der Waals surface area (Å²) in [6.07, 6.45) is 11.1. The molecule has 1 aromatic carbocycles. The number of carboxylic acid groups (broad SMARTS) is 2. The number of carboxylic acids is 2. The average Bonchev–Trinajstić information content (AvgIpc) is 3.13. The van der Waals surface area contributed by atoms with Crippen LogP contribution < -0.4 is 10.1 Å². The number of Topliss-reactive ketones (excluding diaryl/α,β-unsaturated/α-hetero) is 1. The van der Waals surface area contributed by atoms with Gasteiger partial charge >= 0.3 is 17.9 Å². The fraction of sp³-hybridized carbons (Fsp3) is 0.610. The Morgan fingerprint density at radius 3 is 2.06 bits per heavy atom. The average molecular weight is 757 g/mol. The quantitative estimate of drug-likeness (QED) is 0.0360. The summed E-state index contributed by atoms with van der Waals surface area (Å²) in [4.78, 5) is 77.3.